The Labute approximate surface area is 145 Å². The van der Waals surface area contributed by atoms with E-state index in [9.17, 15) is 4.79 Å². The van der Waals surface area contributed by atoms with Gasteiger partial charge in [-0.2, -0.15) is 4.99 Å². The predicted octanol–water partition coefficient (Wildman–Crippen LogP) is 4.56. The molecule has 0 atom stereocenters. The van der Waals surface area contributed by atoms with Gasteiger partial charge in [-0.1, -0.05) is 41.2 Å². The summed E-state index contributed by atoms with van der Waals surface area (Å²) in [6, 6.07) is 11.8. The topological polar surface area (TPSA) is 34.4 Å². The van der Waals surface area contributed by atoms with Crippen molar-refractivity contribution in [2.24, 2.45) is 4.99 Å². The molecule has 24 heavy (non-hydrogen) atoms. The van der Waals surface area contributed by atoms with E-state index in [-0.39, 0.29) is 5.91 Å². The van der Waals surface area contributed by atoms with Gasteiger partial charge in [0.2, 0.25) is 0 Å². The summed E-state index contributed by atoms with van der Waals surface area (Å²) in [6.45, 7) is 10.6. The monoisotopic (exact) mass is 336 g/mol. The number of hydrogen-bond donors (Lipinski definition) is 0. The zero-order chi connectivity index (χ0) is 17.3. The van der Waals surface area contributed by atoms with Gasteiger partial charge in [-0.25, -0.2) is 0 Å². The van der Waals surface area contributed by atoms with Gasteiger partial charge in [0.05, 0.1) is 10.2 Å². The number of nitrogens with zero attached hydrogens (tertiary/aromatic N) is 2. The second-order valence-corrected chi connectivity index (χ2v) is 7.01. The summed E-state index contributed by atoms with van der Waals surface area (Å²) in [5.74, 6) is -0.211. The maximum atomic E-state index is 12.6. The molecule has 0 radical (unpaired) electrons. The molecule has 0 unspecified atom stereocenters. The van der Waals surface area contributed by atoms with Gasteiger partial charge >= 0.3 is 0 Å². The first-order chi connectivity index (χ1) is 11.5. The lowest BCUT2D eigenvalue weighted by Gasteiger charge is -2.05. The average molecular weight is 336 g/mol. The van der Waals surface area contributed by atoms with Crippen molar-refractivity contribution in [2.45, 2.75) is 27.3 Å². The molecule has 3 rings (SSSR count). The maximum absolute atomic E-state index is 12.6. The van der Waals surface area contributed by atoms with Crippen molar-refractivity contribution in [3.05, 3.63) is 76.1 Å². The summed E-state index contributed by atoms with van der Waals surface area (Å²) in [6.07, 6.45) is 1.83. The van der Waals surface area contributed by atoms with Gasteiger partial charge in [0.15, 0.2) is 4.80 Å². The molecule has 3 nitrogen and oxygen atoms in total. The van der Waals surface area contributed by atoms with Crippen molar-refractivity contribution >= 4 is 27.5 Å². The molecule has 1 heterocycles. The summed E-state index contributed by atoms with van der Waals surface area (Å²) in [5, 5.41) is 0. The molecule has 0 aliphatic rings. The van der Waals surface area contributed by atoms with E-state index in [4.69, 9.17) is 0 Å². The van der Waals surface area contributed by atoms with E-state index in [1.807, 2.05) is 31.2 Å². The lowest BCUT2D eigenvalue weighted by Crippen LogP contribution is -2.16. The van der Waals surface area contributed by atoms with E-state index in [0.29, 0.717) is 16.9 Å². The predicted molar refractivity (Wildman–Crippen MR) is 101 cm³/mol. The number of thiazole rings is 1. The number of fused-ring (bicyclic) bond motifs is 1. The summed E-state index contributed by atoms with van der Waals surface area (Å²) in [4.78, 5) is 17.7. The molecule has 0 saturated heterocycles. The van der Waals surface area contributed by atoms with Gasteiger partial charge in [0, 0.05) is 12.1 Å². The van der Waals surface area contributed by atoms with Crippen LogP contribution in [0.15, 0.2) is 54.0 Å². The molecule has 4 heteroatoms. The Hall–Kier alpha value is -2.46. The standard InChI is InChI=1S/C20H20N2OS/c1-5-9-22-18-15(4)10-14(3)12-17(18)24-20(22)21-19(23)16-8-6-7-13(2)11-16/h5-8,10-12H,1,9H2,2-4H3. The molecule has 0 fully saturated rings. The minimum Gasteiger partial charge on any atom is -0.312 e. The van der Waals surface area contributed by atoms with Gasteiger partial charge in [-0.15, -0.1) is 6.58 Å². The first-order valence-electron chi connectivity index (χ1n) is 7.87. The molecule has 122 valence electrons. The first-order valence-corrected chi connectivity index (χ1v) is 8.68. The van der Waals surface area contributed by atoms with Crippen LogP contribution in [0.4, 0.5) is 0 Å². The summed E-state index contributed by atoms with van der Waals surface area (Å²) >= 11 is 1.55. The third-order valence-corrected chi connectivity index (χ3v) is 4.91. The summed E-state index contributed by atoms with van der Waals surface area (Å²) in [5.41, 5.74) is 5.20. The highest BCUT2D eigenvalue weighted by molar-refractivity contribution is 7.16. The van der Waals surface area contributed by atoms with Crippen LogP contribution in [-0.4, -0.2) is 10.5 Å². The van der Waals surface area contributed by atoms with Crippen LogP contribution >= 0.6 is 11.3 Å². The van der Waals surface area contributed by atoms with Gasteiger partial charge in [-0.05, 0) is 50.1 Å². The zero-order valence-electron chi connectivity index (χ0n) is 14.2. The first kappa shape index (κ1) is 16.4. The number of carbonyl (C=O) groups is 1. The molecule has 0 saturated carbocycles. The van der Waals surface area contributed by atoms with Crippen LogP contribution < -0.4 is 4.80 Å². The van der Waals surface area contributed by atoms with Gasteiger partial charge in [0.1, 0.15) is 0 Å². The van der Waals surface area contributed by atoms with Crippen LogP contribution in [-0.2, 0) is 6.54 Å². The number of benzene rings is 2. The van der Waals surface area contributed by atoms with E-state index in [1.54, 1.807) is 17.4 Å². The fourth-order valence-corrected chi connectivity index (χ4v) is 4.12. The third-order valence-electron chi connectivity index (χ3n) is 3.89. The highest BCUT2D eigenvalue weighted by Gasteiger charge is 2.11. The number of aryl methyl sites for hydroxylation is 3. The highest BCUT2D eigenvalue weighted by Crippen LogP contribution is 2.23. The van der Waals surface area contributed by atoms with Crippen LogP contribution in [0.3, 0.4) is 0 Å². The summed E-state index contributed by atoms with van der Waals surface area (Å²) in [7, 11) is 0. The van der Waals surface area contributed by atoms with Crippen LogP contribution in [0, 0.1) is 20.8 Å². The Morgan fingerprint density at radius 2 is 2.00 bits per heavy atom. The van der Waals surface area contributed by atoms with Crippen molar-refractivity contribution in [2.75, 3.05) is 0 Å². The molecular weight excluding hydrogens is 316 g/mol. The van der Waals surface area contributed by atoms with E-state index >= 15 is 0 Å². The molecule has 0 aliphatic heterocycles. The van der Waals surface area contributed by atoms with E-state index in [2.05, 4.69) is 42.1 Å². The van der Waals surface area contributed by atoms with Crippen LogP contribution in [0.1, 0.15) is 27.0 Å². The molecule has 0 N–H and O–H groups in total. The van der Waals surface area contributed by atoms with E-state index in [0.717, 1.165) is 15.8 Å². The number of aromatic nitrogens is 1. The van der Waals surface area contributed by atoms with E-state index < -0.39 is 0 Å². The zero-order valence-corrected chi connectivity index (χ0v) is 15.0. The highest BCUT2D eigenvalue weighted by atomic mass is 32.1. The van der Waals surface area contributed by atoms with Crippen molar-refractivity contribution in [3.8, 4) is 0 Å². The lowest BCUT2D eigenvalue weighted by atomic mass is 10.1. The Kier molecular flexibility index (Phi) is 4.49. The van der Waals surface area contributed by atoms with Gasteiger partial charge in [-0.3, -0.25) is 4.79 Å². The van der Waals surface area contributed by atoms with E-state index in [1.165, 1.54) is 11.1 Å². The van der Waals surface area contributed by atoms with Gasteiger partial charge in [0.25, 0.3) is 5.91 Å². The Morgan fingerprint density at radius 3 is 2.71 bits per heavy atom. The van der Waals surface area contributed by atoms with Crippen molar-refractivity contribution in [1.82, 2.24) is 4.57 Å². The maximum Gasteiger partial charge on any atom is 0.279 e. The molecule has 1 aromatic heterocycles. The number of rotatable bonds is 3. The summed E-state index contributed by atoms with van der Waals surface area (Å²) < 4.78 is 3.21. The second-order valence-electron chi connectivity index (χ2n) is 6.00. The number of hydrogen-bond acceptors (Lipinski definition) is 2. The Bertz CT molecular complexity index is 1010. The molecule has 0 bridgehead atoms. The fourth-order valence-electron chi connectivity index (χ4n) is 2.90. The number of amides is 1. The van der Waals surface area contributed by atoms with Crippen LogP contribution in [0.5, 0.6) is 0 Å². The minimum absolute atomic E-state index is 0.211. The Balaban J connectivity index is 2.21. The normalized spacial score (nSPS) is 11.9. The smallest absolute Gasteiger partial charge is 0.279 e. The van der Waals surface area contributed by atoms with Crippen molar-refractivity contribution in [3.63, 3.8) is 0 Å². The average Bonchev–Trinajstić information content (AvgIpc) is 2.85. The quantitative estimate of drug-likeness (QED) is 0.646. The third kappa shape index (κ3) is 3.10. The van der Waals surface area contributed by atoms with Crippen molar-refractivity contribution in [1.29, 1.82) is 0 Å². The molecular formula is C20H20N2OS. The molecule has 0 spiro atoms. The van der Waals surface area contributed by atoms with Crippen LogP contribution in [0.2, 0.25) is 0 Å². The number of allylic oxidation sites excluding steroid dienone is 1. The van der Waals surface area contributed by atoms with Crippen LogP contribution in [0.25, 0.3) is 10.2 Å². The Morgan fingerprint density at radius 1 is 1.21 bits per heavy atom. The van der Waals surface area contributed by atoms with Crippen molar-refractivity contribution < 1.29 is 4.79 Å². The van der Waals surface area contributed by atoms with Gasteiger partial charge < -0.3 is 4.57 Å². The molecule has 0 aliphatic carbocycles. The SMILES string of the molecule is C=CCn1c(=NC(=O)c2cccc(C)c2)sc2cc(C)cc(C)c21. The fraction of sp³-hybridized carbons (Fsp3) is 0.200. The minimum atomic E-state index is -0.211. The molecule has 1 amide bonds. The molecule has 2 aromatic carbocycles. The largest absolute Gasteiger partial charge is 0.312 e. The lowest BCUT2D eigenvalue weighted by molar-refractivity contribution is 0.0998. The second kappa shape index (κ2) is 6.57. The number of carbonyl (C=O) groups excluding carboxylic acids is 1. The molecule has 3 aromatic rings.